The summed E-state index contributed by atoms with van der Waals surface area (Å²) >= 11 is 0. The quantitative estimate of drug-likeness (QED) is 0.0962. The SMILES string of the molecule is CCCCOCCCCC1C(C)C(C#N)CC1C1(C=O)CC2C=C(C(C)C)C1(C(=O)OCc1ccc(OC)cc1)C2. The summed E-state index contributed by atoms with van der Waals surface area (Å²) in [6.07, 6.45) is 10.4. The van der Waals surface area contributed by atoms with Crippen molar-refractivity contribution in [1.82, 2.24) is 0 Å². The topological polar surface area (TPSA) is 85.6 Å². The predicted molar refractivity (Wildman–Crippen MR) is 159 cm³/mol. The van der Waals surface area contributed by atoms with Crippen molar-refractivity contribution in [2.45, 2.75) is 85.7 Å². The van der Waals surface area contributed by atoms with Crippen molar-refractivity contribution in [2.24, 2.45) is 46.3 Å². The van der Waals surface area contributed by atoms with E-state index < -0.39 is 10.8 Å². The molecule has 0 saturated heterocycles. The van der Waals surface area contributed by atoms with Crippen LogP contribution in [0.4, 0.5) is 0 Å². The predicted octanol–water partition coefficient (Wildman–Crippen LogP) is 7.32. The van der Waals surface area contributed by atoms with Crippen LogP contribution >= 0.6 is 0 Å². The van der Waals surface area contributed by atoms with Crippen LogP contribution in [0.3, 0.4) is 0 Å². The lowest BCUT2D eigenvalue weighted by atomic mass is 9.52. The molecule has 7 unspecified atom stereocenters. The first kappa shape index (κ1) is 31.3. The third-order valence-electron chi connectivity index (χ3n) is 10.5. The monoisotopic (exact) mass is 563 g/mol. The Hall–Kier alpha value is -2.65. The molecule has 4 rings (SSSR count). The molecule has 1 aromatic carbocycles. The number of esters is 1. The first-order valence-electron chi connectivity index (χ1n) is 15.7. The molecule has 6 heteroatoms. The molecule has 224 valence electrons. The first-order chi connectivity index (χ1) is 19.8. The second-order valence-electron chi connectivity index (χ2n) is 13.0. The zero-order valence-corrected chi connectivity index (χ0v) is 25.7. The number of nitriles is 1. The lowest BCUT2D eigenvalue weighted by Crippen LogP contribution is -2.53. The summed E-state index contributed by atoms with van der Waals surface area (Å²) in [5.74, 6) is 1.02. The van der Waals surface area contributed by atoms with Gasteiger partial charge in [0.2, 0.25) is 0 Å². The zero-order valence-electron chi connectivity index (χ0n) is 25.7. The summed E-state index contributed by atoms with van der Waals surface area (Å²) in [4.78, 5) is 27.9. The van der Waals surface area contributed by atoms with E-state index >= 15 is 0 Å². The van der Waals surface area contributed by atoms with Gasteiger partial charge in [0.25, 0.3) is 0 Å². The number of allylic oxidation sites excluding steroid dienone is 1. The van der Waals surface area contributed by atoms with Crippen molar-refractivity contribution >= 4 is 12.3 Å². The molecule has 2 bridgehead atoms. The number of carbonyl (C=O) groups excluding carboxylic acids is 2. The molecule has 7 atom stereocenters. The fourth-order valence-corrected chi connectivity index (χ4v) is 8.43. The maximum absolute atomic E-state index is 14.4. The van der Waals surface area contributed by atoms with Gasteiger partial charge in [-0.25, -0.2) is 0 Å². The van der Waals surface area contributed by atoms with Gasteiger partial charge in [0, 0.05) is 24.5 Å². The summed E-state index contributed by atoms with van der Waals surface area (Å²) in [5.41, 5.74) is 0.103. The van der Waals surface area contributed by atoms with E-state index in [2.05, 4.69) is 39.8 Å². The molecule has 3 aliphatic rings. The molecule has 0 amide bonds. The maximum atomic E-state index is 14.4. The average Bonchev–Trinajstić information content (AvgIpc) is 3.64. The van der Waals surface area contributed by atoms with Crippen LogP contribution in [0.25, 0.3) is 0 Å². The largest absolute Gasteiger partial charge is 0.497 e. The average molecular weight is 564 g/mol. The van der Waals surface area contributed by atoms with Gasteiger partial charge in [-0.1, -0.05) is 64.3 Å². The van der Waals surface area contributed by atoms with Crippen molar-refractivity contribution in [3.05, 3.63) is 41.5 Å². The minimum Gasteiger partial charge on any atom is -0.497 e. The lowest BCUT2D eigenvalue weighted by molar-refractivity contribution is -0.167. The van der Waals surface area contributed by atoms with Gasteiger partial charge >= 0.3 is 5.97 Å². The number of methoxy groups -OCH3 is 1. The van der Waals surface area contributed by atoms with E-state index in [0.29, 0.717) is 19.3 Å². The molecule has 2 saturated carbocycles. The Morgan fingerprint density at radius 2 is 1.88 bits per heavy atom. The number of unbranched alkanes of at least 4 members (excludes halogenated alkanes) is 2. The minimum atomic E-state index is -0.976. The van der Waals surface area contributed by atoms with Gasteiger partial charge in [0.15, 0.2) is 0 Å². The first-order valence-corrected chi connectivity index (χ1v) is 15.7. The van der Waals surface area contributed by atoms with E-state index in [0.717, 1.165) is 68.5 Å². The van der Waals surface area contributed by atoms with E-state index in [-0.39, 0.29) is 48.1 Å². The van der Waals surface area contributed by atoms with Crippen LogP contribution in [-0.4, -0.2) is 32.6 Å². The highest BCUT2D eigenvalue weighted by atomic mass is 16.5. The van der Waals surface area contributed by atoms with Crippen LogP contribution in [0.15, 0.2) is 35.9 Å². The summed E-state index contributed by atoms with van der Waals surface area (Å²) < 4.78 is 17.2. The standard InChI is InChI=1S/C35H49NO5/c1-6-7-15-40-16-9-8-10-30-25(4)28(21-36)18-32(30)34(23-37)19-27-17-31(24(2)3)35(34,20-27)33(38)41-22-26-11-13-29(39-5)14-12-26/h11-14,17,23-25,27-28,30,32H,6-10,15-16,18-20,22H2,1-5H3. The van der Waals surface area contributed by atoms with Gasteiger partial charge in [-0.15, -0.1) is 0 Å². The highest BCUT2D eigenvalue weighted by Gasteiger charge is 2.72. The smallest absolute Gasteiger partial charge is 0.317 e. The normalized spacial score (nSPS) is 32.1. The molecule has 41 heavy (non-hydrogen) atoms. The Kier molecular flexibility index (Phi) is 10.3. The maximum Gasteiger partial charge on any atom is 0.317 e. The van der Waals surface area contributed by atoms with Crippen molar-refractivity contribution in [2.75, 3.05) is 20.3 Å². The van der Waals surface area contributed by atoms with Crippen molar-refractivity contribution in [3.8, 4) is 11.8 Å². The van der Waals surface area contributed by atoms with Crippen molar-refractivity contribution in [1.29, 1.82) is 5.26 Å². The summed E-state index contributed by atoms with van der Waals surface area (Å²) in [7, 11) is 1.62. The molecule has 0 radical (unpaired) electrons. The van der Waals surface area contributed by atoms with Gasteiger partial charge in [-0.2, -0.15) is 5.26 Å². The minimum absolute atomic E-state index is 0.0263. The van der Waals surface area contributed by atoms with E-state index in [4.69, 9.17) is 14.2 Å². The third kappa shape index (κ3) is 5.85. The van der Waals surface area contributed by atoms with E-state index in [1.165, 1.54) is 0 Å². The van der Waals surface area contributed by atoms with Crippen LogP contribution in [0.5, 0.6) is 5.75 Å². The summed E-state index contributed by atoms with van der Waals surface area (Å²) in [6, 6.07) is 10.1. The molecular weight excluding hydrogens is 514 g/mol. The van der Waals surface area contributed by atoms with Crippen molar-refractivity contribution < 1.29 is 23.8 Å². The molecule has 2 fully saturated rings. The number of fused-ring (bicyclic) bond motifs is 2. The number of rotatable bonds is 15. The van der Waals surface area contributed by atoms with E-state index in [1.807, 2.05) is 24.3 Å². The lowest BCUT2D eigenvalue weighted by Gasteiger charge is -2.49. The van der Waals surface area contributed by atoms with Crippen LogP contribution in [0.2, 0.25) is 0 Å². The molecule has 0 spiro atoms. The number of ether oxygens (including phenoxy) is 3. The van der Waals surface area contributed by atoms with Crippen LogP contribution in [0.1, 0.15) is 84.6 Å². The summed E-state index contributed by atoms with van der Waals surface area (Å²) in [6.45, 7) is 10.3. The van der Waals surface area contributed by atoms with Crippen LogP contribution in [-0.2, 0) is 25.7 Å². The van der Waals surface area contributed by atoms with Gasteiger partial charge < -0.3 is 19.0 Å². The Balaban J connectivity index is 1.61. The molecule has 0 aliphatic heterocycles. The Bertz CT molecular complexity index is 1120. The van der Waals surface area contributed by atoms with Gasteiger partial charge in [0.05, 0.1) is 13.2 Å². The number of nitrogens with zero attached hydrogens (tertiary/aromatic N) is 1. The highest BCUT2D eigenvalue weighted by Crippen LogP contribution is 2.71. The number of hydrogen-bond acceptors (Lipinski definition) is 6. The number of aldehydes is 1. The van der Waals surface area contributed by atoms with Crippen LogP contribution in [0, 0.1) is 57.7 Å². The Morgan fingerprint density at radius 1 is 1.15 bits per heavy atom. The van der Waals surface area contributed by atoms with E-state index in [9.17, 15) is 14.9 Å². The third-order valence-corrected chi connectivity index (χ3v) is 10.5. The summed E-state index contributed by atoms with van der Waals surface area (Å²) in [5, 5.41) is 10.1. The second-order valence-corrected chi connectivity index (χ2v) is 13.0. The zero-order chi connectivity index (χ0) is 29.6. The van der Waals surface area contributed by atoms with Gasteiger partial charge in [-0.3, -0.25) is 4.79 Å². The van der Waals surface area contributed by atoms with Crippen molar-refractivity contribution in [3.63, 3.8) is 0 Å². The molecular formula is C35H49NO5. The number of benzene rings is 1. The molecule has 1 aromatic rings. The molecule has 0 N–H and O–H groups in total. The molecule has 0 aromatic heterocycles. The van der Waals surface area contributed by atoms with Crippen LogP contribution < -0.4 is 4.74 Å². The Morgan fingerprint density at radius 3 is 2.51 bits per heavy atom. The Labute approximate surface area is 246 Å². The fraction of sp³-hybridized carbons (Fsp3) is 0.686. The fourth-order valence-electron chi connectivity index (χ4n) is 8.43. The molecule has 6 nitrogen and oxygen atoms in total. The number of hydrogen-bond donors (Lipinski definition) is 0. The van der Waals surface area contributed by atoms with Gasteiger partial charge in [-0.05, 0) is 85.8 Å². The highest BCUT2D eigenvalue weighted by molar-refractivity contribution is 5.89. The van der Waals surface area contributed by atoms with E-state index in [1.54, 1.807) is 7.11 Å². The molecule has 3 aliphatic carbocycles. The molecule has 0 heterocycles. The second kappa shape index (κ2) is 13.6. The van der Waals surface area contributed by atoms with Gasteiger partial charge in [0.1, 0.15) is 24.1 Å². The number of carbonyl (C=O) groups is 2.